The molecule has 1 aromatic rings. The first-order valence-electron chi connectivity index (χ1n) is 4.75. The molecular weight excluding hydrogens is 174 g/mol. The van der Waals surface area contributed by atoms with Crippen LogP contribution in [0.25, 0.3) is 6.08 Å². The Bertz CT molecular complexity index is 327. The van der Waals surface area contributed by atoms with Gasteiger partial charge in [-0.05, 0) is 12.0 Å². The van der Waals surface area contributed by atoms with Crippen LogP contribution in [0.4, 0.5) is 0 Å². The zero-order valence-electron chi connectivity index (χ0n) is 8.36. The Hall–Kier alpha value is -1.57. The lowest BCUT2D eigenvalue weighted by atomic mass is 10.1. The molecule has 0 unspecified atom stereocenters. The van der Waals surface area contributed by atoms with E-state index in [-0.39, 0.29) is 5.91 Å². The van der Waals surface area contributed by atoms with Gasteiger partial charge in [0, 0.05) is 6.42 Å². The van der Waals surface area contributed by atoms with E-state index in [1.54, 1.807) is 0 Å². The van der Waals surface area contributed by atoms with Crippen LogP contribution in [-0.2, 0) is 4.79 Å². The van der Waals surface area contributed by atoms with Gasteiger partial charge in [-0.25, -0.2) is 0 Å². The maximum absolute atomic E-state index is 10.7. The molecule has 0 atom stereocenters. The summed E-state index contributed by atoms with van der Waals surface area (Å²) in [6.07, 6.45) is 3.23. The van der Waals surface area contributed by atoms with Crippen molar-refractivity contribution >= 4 is 12.0 Å². The molecule has 2 nitrogen and oxygen atoms in total. The number of rotatable bonds is 4. The normalized spacial score (nSPS) is 11.4. The summed E-state index contributed by atoms with van der Waals surface area (Å²) in [5.74, 6) is -0.269. The maximum Gasteiger partial charge on any atom is 0.221 e. The minimum atomic E-state index is -0.269. The van der Waals surface area contributed by atoms with Crippen molar-refractivity contribution < 1.29 is 4.79 Å². The molecule has 0 fully saturated rings. The molecule has 0 heterocycles. The van der Waals surface area contributed by atoms with E-state index >= 15 is 0 Å². The quantitative estimate of drug-likeness (QED) is 0.776. The standard InChI is InChI=1S/C12H15NO/c1-2-10(9-12(13)14)8-11-6-4-3-5-7-11/h3-8H,2,9H2,1H3,(H2,13,14). The van der Waals surface area contributed by atoms with Crippen LogP contribution in [0.3, 0.4) is 0 Å². The fourth-order valence-corrected chi connectivity index (χ4v) is 1.29. The van der Waals surface area contributed by atoms with Crippen LogP contribution in [0.5, 0.6) is 0 Å². The number of primary amides is 1. The van der Waals surface area contributed by atoms with E-state index in [0.29, 0.717) is 6.42 Å². The van der Waals surface area contributed by atoms with Crippen LogP contribution in [0.2, 0.25) is 0 Å². The van der Waals surface area contributed by atoms with Gasteiger partial charge in [0.15, 0.2) is 0 Å². The van der Waals surface area contributed by atoms with Crippen LogP contribution in [0.15, 0.2) is 35.9 Å². The number of hydrogen-bond acceptors (Lipinski definition) is 1. The minimum absolute atomic E-state index is 0.269. The van der Waals surface area contributed by atoms with Crippen molar-refractivity contribution in [3.05, 3.63) is 41.5 Å². The summed E-state index contributed by atoms with van der Waals surface area (Å²) in [7, 11) is 0. The summed E-state index contributed by atoms with van der Waals surface area (Å²) in [6, 6.07) is 9.94. The second kappa shape index (κ2) is 5.22. The highest BCUT2D eigenvalue weighted by molar-refractivity contribution is 5.78. The van der Waals surface area contributed by atoms with Gasteiger partial charge in [-0.3, -0.25) is 4.79 Å². The van der Waals surface area contributed by atoms with Gasteiger partial charge in [-0.2, -0.15) is 0 Å². The van der Waals surface area contributed by atoms with E-state index in [4.69, 9.17) is 5.73 Å². The molecule has 0 aliphatic carbocycles. The largest absolute Gasteiger partial charge is 0.369 e. The molecule has 14 heavy (non-hydrogen) atoms. The molecule has 0 bridgehead atoms. The van der Waals surface area contributed by atoms with Crippen LogP contribution < -0.4 is 5.73 Å². The summed E-state index contributed by atoms with van der Waals surface area (Å²) in [5.41, 5.74) is 7.33. The minimum Gasteiger partial charge on any atom is -0.369 e. The van der Waals surface area contributed by atoms with Gasteiger partial charge in [0.25, 0.3) is 0 Å². The summed E-state index contributed by atoms with van der Waals surface area (Å²) >= 11 is 0. The van der Waals surface area contributed by atoms with Crippen LogP contribution in [0, 0.1) is 0 Å². The molecule has 74 valence electrons. The molecule has 1 aromatic carbocycles. The Morgan fingerprint density at radius 3 is 2.50 bits per heavy atom. The van der Waals surface area contributed by atoms with Gasteiger partial charge < -0.3 is 5.73 Å². The lowest BCUT2D eigenvalue weighted by Crippen LogP contribution is -2.10. The zero-order valence-corrected chi connectivity index (χ0v) is 8.36. The van der Waals surface area contributed by atoms with Crippen molar-refractivity contribution in [3.63, 3.8) is 0 Å². The monoisotopic (exact) mass is 189 g/mol. The molecule has 2 N–H and O–H groups in total. The van der Waals surface area contributed by atoms with Gasteiger partial charge >= 0.3 is 0 Å². The molecule has 0 aliphatic heterocycles. The van der Waals surface area contributed by atoms with Gasteiger partial charge in [0.1, 0.15) is 0 Å². The molecular formula is C12H15NO. The van der Waals surface area contributed by atoms with Crippen LogP contribution in [-0.4, -0.2) is 5.91 Å². The third kappa shape index (κ3) is 3.44. The van der Waals surface area contributed by atoms with E-state index in [2.05, 4.69) is 0 Å². The number of hydrogen-bond donors (Lipinski definition) is 1. The summed E-state index contributed by atoms with van der Waals surface area (Å²) in [6.45, 7) is 2.03. The highest BCUT2D eigenvalue weighted by atomic mass is 16.1. The van der Waals surface area contributed by atoms with E-state index < -0.39 is 0 Å². The van der Waals surface area contributed by atoms with E-state index in [9.17, 15) is 4.79 Å². The molecule has 0 radical (unpaired) electrons. The lowest BCUT2D eigenvalue weighted by Gasteiger charge is -2.01. The van der Waals surface area contributed by atoms with Crippen molar-refractivity contribution in [3.8, 4) is 0 Å². The van der Waals surface area contributed by atoms with Gasteiger partial charge in [0.2, 0.25) is 5.91 Å². The Morgan fingerprint density at radius 2 is 2.00 bits per heavy atom. The molecule has 0 aromatic heterocycles. The lowest BCUT2D eigenvalue weighted by molar-refractivity contribution is -0.117. The maximum atomic E-state index is 10.7. The van der Waals surface area contributed by atoms with Gasteiger partial charge in [-0.1, -0.05) is 48.9 Å². The first-order chi connectivity index (χ1) is 6.72. The van der Waals surface area contributed by atoms with Crippen LogP contribution in [0.1, 0.15) is 25.3 Å². The van der Waals surface area contributed by atoms with Gasteiger partial charge in [-0.15, -0.1) is 0 Å². The molecule has 0 aliphatic rings. The van der Waals surface area contributed by atoms with Crippen LogP contribution >= 0.6 is 0 Å². The second-order valence-corrected chi connectivity index (χ2v) is 3.21. The Morgan fingerprint density at radius 1 is 1.36 bits per heavy atom. The third-order valence-electron chi connectivity index (χ3n) is 2.03. The summed E-state index contributed by atoms with van der Waals surface area (Å²) < 4.78 is 0. The highest BCUT2D eigenvalue weighted by Gasteiger charge is 1.99. The molecule has 1 amide bonds. The molecule has 0 saturated carbocycles. The first-order valence-corrected chi connectivity index (χ1v) is 4.75. The van der Waals surface area contributed by atoms with E-state index in [1.807, 2.05) is 43.3 Å². The fourth-order valence-electron chi connectivity index (χ4n) is 1.29. The molecule has 0 spiro atoms. The van der Waals surface area contributed by atoms with Crippen molar-refractivity contribution in [2.24, 2.45) is 5.73 Å². The number of benzene rings is 1. The average Bonchev–Trinajstić information content (AvgIpc) is 2.17. The number of carbonyl (C=O) groups excluding carboxylic acids is 1. The Labute approximate surface area is 84.4 Å². The van der Waals surface area contributed by atoms with Crippen molar-refractivity contribution in [2.45, 2.75) is 19.8 Å². The number of amides is 1. The van der Waals surface area contributed by atoms with Crippen molar-refractivity contribution in [1.82, 2.24) is 0 Å². The zero-order chi connectivity index (χ0) is 10.4. The van der Waals surface area contributed by atoms with Crippen molar-refractivity contribution in [2.75, 3.05) is 0 Å². The van der Waals surface area contributed by atoms with Gasteiger partial charge in [0.05, 0.1) is 0 Å². The van der Waals surface area contributed by atoms with Crippen molar-refractivity contribution in [1.29, 1.82) is 0 Å². The smallest absolute Gasteiger partial charge is 0.221 e. The fraction of sp³-hybridized carbons (Fsp3) is 0.250. The molecule has 2 heteroatoms. The highest BCUT2D eigenvalue weighted by Crippen LogP contribution is 2.12. The van der Waals surface area contributed by atoms with E-state index in [0.717, 1.165) is 17.6 Å². The Balaban J connectivity index is 2.78. The number of carbonyl (C=O) groups is 1. The average molecular weight is 189 g/mol. The third-order valence-corrected chi connectivity index (χ3v) is 2.03. The Kier molecular flexibility index (Phi) is 3.92. The predicted molar refractivity (Wildman–Crippen MR) is 58.5 cm³/mol. The first kappa shape index (κ1) is 10.5. The van der Waals surface area contributed by atoms with E-state index in [1.165, 1.54) is 0 Å². The predicted octanol–water partition coefficient (Wildman–Crippen LogP) is 2.36. The topological polar surface area (TPSA) is 43.1 Å². The summed E-state index contributed by atoms with van der Waals surface area (Å²) in [5, 5.41) is 0. The molecule has 0 saturated heterocycles. The second-order valence-electron chi connectivity index (χ2n) is 3.21. The molecule has 1 rings (SSSR count). The number of nitrogens with two attached hydrogens (primary N) is 1. The SMILES string of the molecule is CCC(=Cc1ccccc1)CC(N)=O. The summed E-state index contributed by atoms with van der Waals surface area (Å²) in [4.78, 5) is 10.7.